The molecule has 6 rings (SSSR count). The Morgan fingerprint density at radius 3 is 2.92 bits per heavy atom. The third kappa shape index (κ3) is 1.80. The van der Waals surface area contributed by atoms with Crippen LogP contribution in [0.5, 0.6) is 5.75 Å². The van der Waals surface area contributed by atoms with Crippen molar-refractivity contribution in [3.8, 4) is 5.75 Å². The van der Waals surface area contributed by atoms with E-state index in [1.54, 1.807) is 7.11 Å². The Labute approximate surface area is 155 Å². The average Bonchev–Trinajstić information content (AvgIpc) is 3.43. The standard InChI is InChI=1S/C23H27NO2/c1-26-18-6-4-16-11-23-12-17-5-7-21(23)24(14-15-2-3-15)9-8-22(23,13-20(17)25)19(16)10-18/h4-7,10,15,17,21H,2-3,8-9,11-14H2,1H3. The van der Waals surface area contributed by atoms with E-state index in [0.717, 1.165) is 43.9 Å². The van der Waals surface area contributed by atoms with Crippen molar-refractivity contribution in [3.05, 3.63) is 41.5 Å². The zero-order valence-electron chi connectivity index (χ0n) is 15.5. The summed E-state index contributed by atoms with van der Waals surface area (Å²) < 4.78 is 5.55. The first-order valence-corrected chi connectivity index (χ1v) is 10.3. The van der Waals surface area contributed by atoms with Crippen molar-refractivity contribution in [2.45, 2.75) is 50.0 Å². The van der Waals surface area contributed by atoms with Crippen molar-refractivity contribution in [1.82, 2.24) is 4.90 Å². The van der Waals surface area contributed by atoms with Crippen LogP contribution in [0.25, 0.3) is 0 Å². The van der Waals surface area contributed by atoms with Crippen LogP contribution in [0.3, 0.4) is 0 Å². The molecular weight excluding hydrogens is 322 g/mol. The molecule has 1 spiro atoms. The number of fused-ring (bicyclic) bond motifs is 2. The number of Topliss-reactive ketones (excluding diaryl/α,β-unsaturated/α-hetero) is 1. The number of methoxy groups -OCH3 is 1. The molecule has 1 heterocycles. The van der Waals surface area contributed by atoms with Gasteiger partial charge in [-0.05, 0) is 67.8 Å². The van der Waals surface area contributed by atoms with Crippen LogP contribution < -0.4 is 4.74 Å². The van der Waals surface area contributed by atoms with Crippen molar-refractivity contribution < 1.29 is 9.53 Å². The van der Waals surface area contributed by atoms with Crippen LogP contribution in [0.2, 0.25) is 0 Å². The first-order valence-electron chi connectivity index (χ1n) is 10.3. The molecule has 1 aromatic rings. The minimum atomic E-state index is 0.0277. The molecule has 1 aromatic carbocycles. The maximum atomic E-state index is 13.0. The summed E-state index contributed by atoms with van der Waals surface area (Å²) in [7, 11) is 1.75. The molecule has 136 valence electrons. The second-order valence-corrected chi connectivity index (χ2v) is 9.41. The van der Waals surface area contributed by atoms with E-state index in [4.69, 9.17) is 4.74 Å². The number of hydrogen-bond acceptors (Lipinski definition) is 3. The molecule has 0 N–H and O–H groups in total. The zero-order valence-corrected chi connectivity index (χ0v) is 15.5. The van der Waals surface area contributed by atoms with Crippen LogP contribution in [0, 0.1) is 17.3 Å². The van der Waals surface area contributed by atoms with E-state index in [1.807, 2.05) is 0 Å². The van der Waals surface area contributed by atoms with E-state index >= 15 is 0 Å². The number of piperidine rings is 1. The summed E-state index contributed by atoms with van der Waals surface area (Å²) in [4.78, 5) is 15.7. The number of carbonyl (C=O) groups is 1. The number of allylic oxidation sites excluding steroid dienone is 1. The quantitative estimate of drug-likeness (QED) is 0.782. The van der Waals surface area contributed by atoms with Gasteiger partial charge in [0.1, 0.15) is 11.5 Å². The van der Waals surface area contributed by atoms with Crippen LogP contribution in [0.15, 0.2) is 30.4 Å². The fourth-order valence-electron chi connectivity index (χ4n) is 6.89. The number of rotatable bonds is 3. The molecular formula is C23H27NO2. The second kappa shape index (κ2) is 5.01. The van der Waals surface area contributed by atoms with Crippen LogP contribution in [-0.2, 0) is 16.6 Å². The summed E-state index contributed by atoms with van der Waals surface area (Å²) in [6.45, 7) is 2.38. The van der Waals surface area contributed by atoms with Crippen LogP contribution in [-0.4, -0.2) is 36.9 Å². The summed E-state index contributed by atoms with van der Waals surface area (Å²) in [6, 6.07) is 7.13. The highest BCUT2D eigenvalue weighted by atomic mass is 16.5. The Kier molecular flexibility index (Phi) is 2.98. The van der Waals surface area contributed by atoms with Crippen molar-refractivity contribution in [2.75, 3.05) is 20.2 Å². The fraction of sp³-hybridized carbons (Fsp3) is 0.609. The predicted octanol–water partition coefficient (Wildman–Crippen LogP) is 3.51. The lowest BCUT2D eigenvalue weighted by atomic mass is 9.46. The van der Waals surface area contributed by atoms with Gasteiger partial charge in [-0.3, -0.25) is 9.69 Å². The molecule has 1 aliphatic heterocycles. The average molecular weight is 349 g/mol. The van der Waals surface area contributed by atoms with Crippen LogP contribution in [0.1, 0.15) is 43.2 Å². The molecule has 26 heavy (non-hydrogen) atoms. The Morgan fingerprint density at radius 2 is 2.12 bits per heavy atom. The van der Waals surface area contributed by atoms with Gasteiger partial charge in [-0.25, -0.2) is 0 Å². The maximum Gasteiger partial charge on any atom is 0.140 e. The van der Waals surface area contributed by atoms with Crippen molar-refractivity contribution in [1.29, 1.82) is 0 Å². The Morgan fingerprint density at radius 1 is 1.23 bits per heavy atom. The van der Waals surface area contributed by atoms with Gasteiger partial charge >= 0.3 is 0 Å². The summed E-state index contributed by atoms with van der Waals surface area (Å²) in [6.07, 6.45) is 11.5. The van der Waals surface area contributed by atoms with Crippen molar-refractivity contribution in [2.24, 2.45) is 17.3 Å². The number of hydrogen-bond donors (Lipinski definition) is 0. The predicted molar refractivity (Wildman–Crippen MR) is 100 cm³/mol. The van der Waals surface area contributed by atoms with Crippen LogP contribution in [0.4, 0.5) is 0 Å². The second-order valence-electron chi connectivity index (χ2n) is 9.41. The van der Waals surface area contributed by atoms with E-state index in [9.17, 15) is 4.79 Å². The third-order valence-corrected chi connectivity index (χ3v) is 8.27. The lowest BCUT2D eigenvalue weighted by molar-refractivity contribution is -0.139. The summed E-state index contributed by atoms with van der Waals surface area (Å²) in [5, 5.41) is 0. The highest BCUT2D eigenvalue weighted by Crippen LogP contribution is 2.67. The van der Waals surface area contributed by atoms with E-state index in [2.05, 4.69) is 35.3 Å². The van der Waals surface area contributed by atoms with Gasteiger partial charge in [-0.15, -0.1) is 0 Å². The van der Waals surface area contributed by atoms with Crippen molar-refractivity contribution >= 4 is 5.78 Å². The molecule has 3 nitrogen and oxygen atoms in total. The van der Waals surface area contributed by atoms with Gasteiger partial charge in [-0.1, -0.05) is 18.2 Å². The smallest absolute Gasteiger partial charge is 0.140 e. The van der Waals surface area contributed by atoms with Gasteiger partial charge in [0.15, 0.2) is 0 Å². The van der Waals surface area contributed by atoms with E-state index in [1.165, 1.54) is 30.5 Å². The zero-order chi connectivity index (χ0) is 17.5. The third-order valence-electron chi connectivity index (χ3n) is 8.27. The van der Waals surface area contributed by atoms with E-state index in [-0.39, 0.29) is 16.7 Å². The number of likely N-dealkylation sites (tertiary alicyclic amines) is 1. The Balaban J connectivity index is 1.52. The molecule has 0 radical (unpaired) electrons. The molecule has 0 aromatic heterocycles. The molecule has 2 saturated carbocycles. The lowest BCUT2D eigenvalue weighted by Crippen LogP contribution is -2.66. The Bertz CT molecular complexity index is 825. The molecule has 4 aliphatic carbocycles. The highest BCUT2D eigenvalue weighted by molar-refractivity contribution is 5.87. The molecule has 4 atom stereocenters. The summed E-state index contributed by atoms with van der Waals surface area (Å²) >= 11 is 0. The van der Waals surface area contributed by atoms with Gasteiger partial charge in [0, 0.05) is 35.8 Å². The highest BCUT2D eigenvalue weighted by Gasteiger charge is 2.67. The molecule has 5 aliphatic rings. The SMILES string of the molecule is COc1ccc2c(c1)C13CCN(CC4CC4)C4C=CC(CC41C2)C(=O)C3. The molecule has 4 unspecified atom stereocenters. The van der Waals surface area contributed by atoms with Gasteiger partial charge in [0.05, 0.1) is 7.11 Å². The first-order chi connectivity index (χ1) is 12.6. The molecule has 2 bridgehead atoms. The lowest BCUT2D eigenvalue weighted by Gasteiger charge is -2.62. The summed E-state index contributed by atoms with van der Waals surface area (Å²) in [5.74, 6) is 2.46. The van der Waals surface area contributed by atoms with E-state index in [0.29, 0.717) is 11.8 Å². The molecule has 3 heteroatoms. The minimum Gasteiger partial charge on any atom is -0.497 e. The normalized spacial score (nSPS) is 40.3. The number of carbonyl (C=O) groups excluding carboxylic acids is 1. The van der Waals surface area contributed by atoms with Gasteiger partial charge in [-0.2, -0.15) is 0 Å². The monoisotopic (exact) mass is 349 g/mol. The number of ketones is 1. The topological polar surface area (TPSA) is 29.5 Å². The first kappa shape index (κ1) is 15.4. The summed E-state index contributed by atoms with van der Waals surface area (Å²) in [5.41, 5.74) is 3.13. The number of benzene rings is 1. The maximum absolute atomic E-state index is 13.0. The largest absolute Gasteiger partial charge is 0.497 e. The van der Waals surface area contributed by atoms with Gasteiger partial charge < -0.3 is 4.74 Å². The van der Waals surface area contributed by atoms with Crippen LogP contribution >= 0.6 is 0 Å². The Hall–Kier alpha value is -1.61. The van der Waals surface area contributed by atoms with Gasteiger partial charge in [0.25, 0.3) is 0 Å². The fourth-order valence-corrected chi connectivity index (χ4v) is 6.89. The number of nitrogens with zero attached hydrogens (tertiary/aromatic N) is 1. The van der Waals surface area contributed by atoms with Crippen molar-refractivity contribution in [3.63, 3.8) is 0 Å². The molecule has 0 amide bonds. The van der Waals surface area contributed by atoms with E-state index < -0.39 is 0 Å². The minimum absolute atomic E-state index is 0.0277. The van der Waals surface area contributed by atoms with Gasteiger partial charge in [0.2, 0.25) is 0 Å². The number of ether oxygens (including phenoxy) is 1. The molecule has 1 saturated heterocycles. The molecule has 3 fully saturated rings.